The minimum Gasteiger partial charge on any atom is -0.292 e. The van der Waals surface area contributed by atoms with Crippen LogP contribution in [0.3, 0.4) is 0 Å². The Morgan fingerprint density at radius 2 is 2.16 bits per heavy atom. The van der Waals surface area contributed by atoms with E-state index < -0.39 is 5.92 Å². The van der Waals surface area contributed by atoms with Gasteiger partial charge in [-0.25, -0.2) is 0 Å². The zero-order valence-corrected chi connectivity index (χ0v) is 12.6. The highest BCUT2D eigenvalue weighted by molar-refractivity contribution is 14.1. The number of nitriles is 1. The lowest BCUT2D eigenvalue weighted by atomic mass is 9.95. The molecule has 1 atom stereocenters. The minimum atomic E-state index is -0.905. The number of rotatable bonds is 3. The quantitative estimate of drug-likeness (QED) is 0.599. The van der Waals surface area contributed by atoms with Crippen LogP contribution < -0.4 is 0 Å². The second-order valence-corrected chi connectivity index (χ2v) is 5.38. The number of Topliss-reactive ketones (excluding diaryl/α,β-unsaturated/α-hetero) is 1. The lowest BCUT2D eigenvalue weighted by molar-refractivity contribution is 0.0977. The van der Waals surface area contributed by atoms with Gasteiger partial charge < -0.3 is 0 Å². The summed E-state index contributed by atoms with van der Waals surface area (Å²) in [6.45, 7) is 0. The molecule has 0 N–H and O–H groups in total. The van der Waals surface area contributed by atoms with Crippen molar-refractivity contribution in [2.75, 3.05) is 0 Å². The Balaban J connectivity index is 2.37. The summed E-state index contributed by atoms with van der Waals surface area (Å²) in [4.78, 5) is 16.4. The first-order valence-electron chi connectivity index (χ1n) is 5.43. The van der Waals surface area contributed by atoms with Crippen LogP contribution in [0, 0.1) is 14.9 Å². The molecule has 19 heavy (non-hydrogen) atoms. The van der Waals surface area contributed by atoms with E-state index in [9.17, 15) is 10.1 Å². The summed E-state index contributed by atoms with van der Waals surface area (Å²) >= 11 is 8.08. The first-order chi connectivity index (χ1) is 9.13. The fourth-order valence-electron chi connectivity index (χ4n) is 1.62. The van der Waals surface area contributed by atoms with Crippen LogP contribution >= 0.6 is 34.2 Å². The molecule has 0 aliphatic rings. The fourth-order valence-corrected chi connectivity index (χ4v) is 2.14. The van der Waals surface area contributed by atoms with Gasteiger partial charge in [0.25, 0.3) is 0 Å². The van der Waals surface area contributed by atoms with E-state index in [2.05, 4.69) is 27.6 Å². The van der Waals surface area contributed by atoms with Gasteiger partial charge in [-0.15, -0.1) is 0 Å². The Labute approximate surface area is 129 Å². The number of nitrogens with zero attached hydrogens (tertiary/aromatic N) is 2. The van der Waals surface area contributed by atoms with Crippen molar-refractivity contribution < 1.29 is 4.79 Å². The molecule has 0 spiro atoms. The van der Waals surface area contributed by atoms with E-state index in [0.29, 0.717) is 16.3 Å². The number of hydrogen-bond acceptors (Lipinski definition) is 3. The maximum atomic E-state index is 12.3. The molecule has 0 saturated carbocycles. The molecule has 0 aliphatic heterocycles. The lowest BCUT2D eigenvalue weighted by Gasteiger charge is -2.08. The number of ketones is 1. The highest BCUT2D eigenvalue weighted by Gasteiger charge is 2.23. The van der Waals surface area contributed by atoms with Crippen molar-refractivity contribution in [3.8, 4) is 6.07 Å². The second kappa shape index (κ2) is 6.13. The number of benzene rings is 1. The predicted octanol–water partition coefficient (Wildman–Crippen LogP) is 3.83. The lowest BCUT2D eigenvalue weighted by Crippen LogP contribution is -2.12. The summed E-state index contributed by atoms with van der Waals surface area (Å²) in [7, 11) is 0. The van der Waals surface area contributed by atoms with Crippen molar-refractivity contribution in [3.63, 3.8) is 0 Å². The van der Waals surface area contributed by atoms with Gasteiger partial charge >= 0.3 is 0 Å². The van der Waals surface area contributed by atoms with Crippen LogP contribution in [0.2, 0.25) is 5.02 Å². The zero-order valence-electron chi connectivity index (χ0n) is 9.68. The van der Waals surface area contributed by atoms with Crippen LogP contribution in [0.4, 0.5) is 0 Å². The topological polar surface area (TPSA) is 53.8 Å². The Morgan fingerprint density at radius 1 is 1.37 bits per heavy atom. The summed E-state index contributed by atoms with van der Waals surface area (Å²) in [5, 5.41) is 9.69. The maximum absolute atomic E-state index is 12.3. The summed E-state index contributed by atoms with van der Waals surface area (Å²) in [6, 6.07) is 12.2. The minimum absolute atomic E-state index is 0.292. The van der Waals surface area contributed by atoms with Crippen LogP contribution in [-0.2, 0) is 0 Å². The van der Waals surface area contributed by atoms with Gasteiger partial charge in [0.1, 0.15) is 0 Å². The summed E-state index contributed by atoms with van der Waals surface area (Å²) in [6.07, 6.45) is 1.56. The van der Waals surface area contributed by atoms with Crippen molar-refractivity contribution in [1.29, 1.82) is 5.26 Å². The smallest absolute Gasteiger partial charge is 0.186 e. The second-order valence-electron chi connectivity index (χ2n) is 3.81. The number of carbonyl (C=O) groups excluding carboxylic acids is 1. The molecule has 2 rings (SSSR count). The van der Waals surface area contributed by atoms with Crippen LogP contribution in [0.25, 0.3) is 0 Å². The van der Waals surface area contributed by atoms with Gasteiger partial charge in [-0.3, -0.25) is 9.78 Å². The summed E-state index contributed by atoms with van der Waals surface area (Å²) in [5.41, 5.74) is 0.868. The molecular formula is C14H8ClIN2O. The van der Waals surface area contributed by atoms with E-state index in [-0.39, 0.29) is 5.78 Å². The van der Waals surface area contributed by atoms with Crippen LogP contribution in [-0.4, -0.2) is 10.8 Å². The van der Waals surface area contributed by atoms with Gasteiger partial charge in [-0.1, -0.05) is 23.7 Å². The number of aromatic nitrogens is 1. The third-order valence-corrected chi connectivity index (χ3v) is 4.15. The predicted molar refractivity (Wildman–Crippen MR) is 81.1 cm³/mol. The van der Waals surface area contributed by atoms with Crippen molar-refractivity contribution in [2.24, 2.45) is 0 Å². The molecule has 1 aromatic carbocycles. The largest absolute Gasteiger partial charge is 0.292 e. The Kier molecular flexibility index (Phi) is 4.51. The number of carbonyl (C=O) groups is 1. The molecule has 94 valence electrons. The molecule has 1 aromatic heterocycles. The molecule has 1 heterocycles. The molecule has 1 unspecified atom stereocenters. The molecule has 0 radical (unpaired) electrons. The molecule has 0 fully saturated rings. The fraction of sp³-hybridized carbons (Fsp3) is 0.0714. The normalized spacial score (nSPS) is 11.6. The molecule has 0 aliphatic carbocycles. The summed E-state index contributed by atoms with van der Waals surface area (Å²) < 4.78 is 0.863. The number of pyridine rings is 1. The van der Waals surface area contributed by atoms with E-state index in [1.165, 1.54) is 0 Å². The monoisotopic (exact) mass is 382 g/mol. The molecule has 0 bridgehead atoms. The number of hydrogen-bond donors (Lipinski definition) is 0. The number of halogens is 2. The molecular weight excluding hydrogens is 375 g/mol. The zero-order chi connectivity index (χ0) is 13.8. The van der Waals surface area contributed by atoms with E-state index in [0.717, 1.165) is 3.57 Å². The molecule has 5 heteroatoms. The van der Waals surface area contributed by atoms with Gasteiger partial charge in [-0.2, -0.15) is 5.26 Å². The van der Waals surface area contributed by atoms with Crippen molar-refractivity contribution in [3.05, 3.63) is 62.4 Å². The van der Waals surface area contributed by atoms with Gasteiger partial charge in [0.2, 0.25) is 0 Å². The standard InChI is InChI=1S/C14H8ClIN2O/c15-11-7-9(4-5-12(11)16)14(19)10(8-17)13-3-1-2-6-18-13/h1-7,10H. The van der Waals surface area contributed by atoms with Crippen LogP contribution in [0.15, 0.2) is 42.6 Å². The SMILES string of the molecule is N#CC(C(=O)c1ccc(I)c(Cl)c1)c1ccccn1. The van der Waals surface area contributed by atoms with Crippen molar-refractivity contribution in [1.82, 2.24) is 4.98 Å². The summed E-state index contributed by atoms with van der Waals surface area (Å²) in [5.74, 6) is -1.20. The van der Waals surface area contributed by atoms with Gasteiger partial charge in [-0.05, 0) is 46.9 Å². The van der Waals surface area contributed by atoms with Gasteiger partial charge in [0, 0.05) is 15.3 Å². The highest BCUT2D eigenvalue weighted by Crippen LogP contribution is 2.24. The Bertz CT molecular complexity index is 652. The van der Waals surface area contributed by atoms with Crippen molar-refractivity contribution in [2.45, 2.75) is 5.92 Å². The molecule has 3 nitrogen and oxygen atoms in total. The van der Waals surface area contributed by atoms with Gasteiger partial charge in [0.05, 0.1) is 16.8 Å². The van der Waals surface area contributed by atoms with Crippen molar-refractivity contribution >= 4 is 40.0 Å². The third kappa shape index (κ3) is 3.11. The van der Waals surface area contributed by atoms with E-state index >= 15 is 0 Å². The molecule has 2 aromatic rings. The average Bonchev–Trinajstić information content (AvgIpc) is 2.44. The van der Waals surface area contributed by atoms with Crippen LogP contribution in [0.1, 0.15) is 22.0 Å². The van der Waals surface area contributed by atoms with E-state index in [4.69, 9.17) is 11.6 Å². The first kappa shape index (κ1) is 14.0. The molecule has 0 saturated heterocycles. The highest BCUT2D eigenvalue weighted by atomic mass is 127. The average molecular weight is 383 g/mol. The maximum Gasteiger partial charge on any atom is 0.186 e. The third-order valence-electron chi connectivity index (χ3n) is 2.58. The van der Waals surface area contributed by atoms with Crippen LogP contribution in [0.5, 0.6) is 0 Å². The van der Waals surface area contributed by atoms with E-state index in [1.54, 1.807) is 42.6 Å². The Hall–Kier alpha value is -1.45. The van der Waals surface area contributed by atoms with Gasteiger partial charge in [0.15, 0.2) is 11.7 Å². The first-order valence-corrected chi connectivity index (χ1v) is 6.89. The van der Waals surface area contributed by atoms with E-state index in [1.807, 2.05) is 6.07 Å². The Morgan fingerprint density at radius 3 is 2.74 bits per heavy atom. The molecule has 0 amide bonds.